The summed E-state index contributed by atoms with van der Waals surface area (Å²) in [6, 6.07) is 6.85. The lowest BCUT2D eigenvalue weighted by Gasteiger charge is -2.09. The summed E-state index contributed by atoms with van der Waals surface area (Å²) in [6.07, 6.45) is 2.19. The van der Waals surface area contributed by atoms with E-state index in [1.807, 2.05) is 12.1 Å². The number of rotatable bonds is 1. The molecule has 1 aliphatic rings. The minimum Gasteiger partial charge on any atom is -0.393 e. The molecule has 1 saturated carbocycles. The molecule has 1 aromatic carbocycles. The van der Waals surface area contributed by atoms with Crippen LogP contribution in [0.5, 0.6) is 0 Å². The van der Waals surface area contributed by atoms with Crippen molar-refractivity contribution in [1.82, 2.24) is 0 Å². The van der Waals surface area contributed by atoms with E-state index in [1.54, 1.807) is 6.07 Å². The van der Waals surface area contributed by atoms with E-state index in [9.17, 15) is 9.50 Å². The average Bonchev–Trinajstić information content (AvgIpc) is 2.53. The number of aliphatic hydroxyl groups is 1. The molecule has 0 saturated heterocycles. The second-order valence-corrected chi connectivity index (χ2v) is 3.69. The van der Waals surface area contributed by atoms with Crippen molar-refractivity contribution < 1.29 is 9.50 Å². The Labute approximate surface area is 77.2 Å². The molecule has 2 atom stereocenters. The Kier molecular flexibility index (Phi) is 2.32. The van der Waals surface area contributed by atoms with E-state index in [0.717, 1.165) is 18.4 Å². The first kappa shape index (κ1) is 8.70. The lowest BCUT2D eigenvalue weighted by atomic mass is 9.97. The molecule has 1 nitrogen and oxygen atoms in total. The van der Waals surface area contributed by atoms with Gasteiger partial charge in [0.2, 0.25) is 0 Å². The van der Waals surface area contributed by atoms with Crippen LogP contribution in [-0.4, -0.2) is 11.2 Å². The predicted octanol–water partition coefficient (Wildman–Crippen LogP) is 2.45. The first-order valence-corrected chi connectivity index (χ1v) is 4.70. The van der Waals surface area contributed by atoms with Gasteiger partial charge < -0.3 is 5.11 Å². The van der Waals surface area contributed by atoms with Crippen LogP contribution in [0.3, 0.4) is 0 Å². The fourth-order valence-electron chi connectivity index (χ4n) is 2.05. The fraction of sp³-hybridized carbons (Fsp3) is 0.455. The highest BCUT2D eigenvalue weighted by Crippen LogP contribution is 2.35. The van der Waals surface area contributed by atoms with Gasteiger partial charge in [-0.3, -0.25) is 0 Å². The zero-order valence-electron chi connectivity index (χ0n) is 7.41. The summed E-state index contributed by atoms with van der Waals surface area (Å²) in [5, 5.41) is 9.33. The highest BCUT2D eigenvalue weighted by Gasteiger charge is 2.25. The van der Waals surface area contributed by atoms with E-state index in [1.165, 1.54) is 6.07 Å². The summed E-state index contributed by atoms with van der Waals surface area (Å²) in [6.45, 7) is 0. The van der Waals surface area contributed by atoms with Crippen LogP contribution in [0.25, 0.3) is 0 Å². The molecule has 0 aromatic heterocycles. The summed E-state index contributed by atoms with van der Waals surface area (Å²) < 4.78 is 13.3. The van der Waals surface area contributed by atoms with Crippen LogP contribution in [0.1, 0.15) is 30.7 Å². The summed E-state index contributed by atoms with van der Waals surface area (Å²) in [5.74, 6) is 0.0813. The molecule has 0 bridgehead atoms. The van der Waals surface area contributed by atoms with Crippen molar-refractivity contribution in [1.29, 1.82) is 0 Å². The van der Waals surface area contributed by atoms with Gasteiger partial charge in [0.15, 0.2) is 0 Å². The van der Waals surface area contributed by atoms with Gasteiger partial charge in [0.25, 0.3) is 0 Å². The van der Waals surface area contributed by atoms with Crippen LogP contribution in [0.4, 0.5) is 4.39 Å². The smallest absolute Gasteiger partial charge is 0.126 e. The van der Waals surface area contributed by atoms with Gasteiger partial charge in [-0.2, -0.15) is 0 Å². The molecule has 70 valence electrons. The molecule has 1 fully saturated rings. The maximum atomic E-state index is 13.3. The second kappa shape index (κ2) is 3.46. The summed E-state index contributed by atoms with van der Waals surface area (Å²) in [4.78, 5) is 0. The van der Waals surface area contributed by atoms with Crippen molar-refractivity contribution >= 4 is 0 Å². The summed E-state index contributed by atoms with van der Waals surface area (Å²) >= 11 is 0. The predicted molar refractivity (Wildman–Crippen MR) is 49.0 cm³/mol. The van der Waals surface area contributed by atoms with Gasteiger partial charge in [0.05, 0.1) is 6.10 Å². The maximum absolute atomic E-state index is 13.3. The van der Waals surface area contributed by atoms with E-state index in [2.05, 4.69) is 0 Å². The summed E-state index contributed by atoms with van der Waals surface area (Å²) in [7, 11) is 0. The summed E-state index contributed by atoms with van der Waals surface area (Å²) in [5.41, 5.74) is 0.763. The van der Waals surface area contributed by atoms with Crippen LogP contribution >= 0.6 is 0 Å². The van der Waals surface area contributed by atoms with Gasteiger partial charge in [-0.25, -0.2) is 4.39 Å². The van der Waals surface area contributed by atoms with Gasteiger partial charge in [-0.1, -0.05) is 18.2 Å². The molecule has 0 amide bonds. The first-order valence-electron chi connectivity index (χ1n) is 4.70. The van der Waals surface area contributed by atoms with Crippen LogP contribution < -0.4 is 0 Å². The standard InChI is InChI=1S/C11H13FO/c12-11-4-2-1-3-10(11)8-5-6-9(13)7-8/h1-4,8-9,13H,5-7H2/t8-,9-/m1/s1. The molecule has 1 aromatic rings. The first-order chi connectivity index (χ1) is 6.27. The molecule has 2 heteroatoms. The van der Waals surface area contributed by atoms with Crippen molar-refractivity contribution in [2.24, 2.45) is 0 Å². The second-order valence-electron chi connectivity index (χ2n) is 3.69. The SMILES string of the molecule is O[C@@H]1CC[C@@H](c2ccccc2F)C1. The minimum absolute atomic E-state index is 0.137. The van der Waals surface area contributed by atoms with Gasteiger partial charge >= 0.3 is 0 Å². The van der Waals surface area contributed by atoms with Crippen LogP contribution in [-0.2, 0) is 0 Å². The van der Waals surface area contributed by atoms with Crippen LogP contribution in [0.2, 0.25) is 0 Å². The monoisotopic (exact) mass is 180 g/mol. The van der Waals surface area contributed by atoms with Crippen molar-refractivity contribution in [3.05, 3.63) is 35.6 Å². The largest absolute Gasteiger partial charge is 0.393 e. The van der Waals surface area contributed by atoms with Crippen molar-refractivity contribution in [3.8, 4) is 0 Å². The molecular weight excluding hydrogens is 167 g/mol. The number of aliphatic hydroxyl groups excluding tert-OH is 1. The van der Waals surface area contributed by atoms with Gasteiger partial charge in [0, 0.05) is 0 Å². The quantitative estimate of drug-likeness (QED) is 0.703. The minimum atomic E-state index is -0.232. The Morgan fingerprint density at radius 2 is 2.00 bits per heavy atom. The van der Waals surface area contributed by atoms with E-state index >= 15 is 0 Å². The molecular formula is C11H13FO. The topological polar surface area (TPSA) is 20.2 Å². The molecule has 0 heterocycles. The molecule has 13 heavy (non-hydrogen) atoms. The molecule has 2 rings (SSSR count). The number of hydrogen-bond acceptors (Lipinski definition) is 1. The molecule has 1 aliphatic carbocycles. The average molecular weight is 180 g/mol. The Morgan fingerprint density at radius 1 is 1.23 bits per heavy atom. The van der Waals surface area contributed by atoms with Crippen LogP contribution in [0.15, 0.2) is 24.3 Å². The Hall–Kier alpha value is -0.890. The lowest BCUT2D eigenvalue weighted by molar-refractivity contribution is 0.181. The van der Waals surface area contributed by atoms with E-state index in [4.69, 9.17) is 0 Å². The van der Waals surface area contributed by atoms with E-state index in [0.29, 0.717) is 6.42 Å². The van der Waals surface area contributed by atoms with Gasteiger partial charge in [0.1, 0.15) is 5.82 Å². The van der Waals surface area contributed by atoms with Gasteiger partial charge in [-0.15, -0.1) is 0 Å². The molecule has 0 unspecified atom stereocenters. The molecule has 1 N–H and O–H groups in total. The molecule has 0 aliphatic heterocycles. The van der Waals surface area contributed by atoms with Crippen molar-refractivity contribution in [2.45, 2.75) is 31.3 Å². The fourth-order valence-corrected chi connectivity index (χ4v) is 2.05. The number of halogens is 1. The van der Waals surface area contributed by atoms with E-state index in [-0.39, 0.29) is 17.8 Å². The normalized spacial score (nSPS) is 27.8. The zero-order valence-corrected chi connectivity index (χ0v) is 7.41. The lowest BCUT2D eigenvalue weighted by Crippen LogP contribution is -2.00. The van der Waals surface area contributed by atoms with E-state index < -0.39 is 0 Å². The Balaban J connectivity index is 2.21. The number of benzene rings is 1. The van der Waals surface area contributed by atoms with Crippen molar-refractivity contribution in [3.63, 3.8) is 0 Å². The molecule has 0 spiro atoms. The Morgan fingerprint density at radius 3 is 2.62 bits per heavy atom. The molecule has 0 radical (unpaired) electrons. The number of hydrogen-bond donors (Lipinski definition) is 1. The third-order valence-corrected chi connectivity index (χ3v) is 2.75. The highest BCUT2D eigenvalue weighted by atomic mass is 19.1. The highest BCUT2D eigenvalue weighted by molar-refractivity contribution is 5.22. The zero-order chi connectivity index (χ0) is 9.26. The Bertz CT molecular complexity index is 298. The third kappa shape index (κ3) is 1.73. The van der Waals surface area contributed by atoms with Crippen LogP contribution in [0, 0.1) is 5.82 Å². The van der Waals surface area contributed by atoms with Gasteiger partial charge in [-0.05, 0) is 36.8 Å². The maximum Gasteiger partial charge on any atom is 0.126 e. The van der Waals surface area contributed by atoms with Crippen molar-refractivity contribution in [2.75, 3.05) is 0 Å². The third-order valence-electron chi connectivity index (χ3n) is 2.75.